The summed E-state index contributed by atoms with van der Waals surface area (Å²) in [7, 11) is 0. The largest absolute Gasteiger partial charge is 0.484 e. The van der Waals surface area contributed by atoms with Gasteiger partial charge in [-0.2, -0.15) is 13.2 Å². The molecule has 0 bridgehead atoms. The van der Waals surface area contributed by atoms with Gasteiger partial charge in [-0.05, 0) is 36.6 Å². The first kappa shape index (κ1) is 12.0. The maximum Gasteiger partial charge on any atom is 0.422 e. The lowest BCUT2D eigenvalue weighted by Crippen LogP contribution is -2.19. The predicted octanol–water partition coefficient (Wildman–Crippen LogP) is 3.15. The zero-order valence-corrected chi connectivity index (χ0v) is 9.01. The van der Waals surface area contributed by atoms with Gasteiger partial charge >= 0.3 is 6.18 Å². The molecule has 92 valence electrons. The molecule has 0 amide bonds. The summed E-state index contributed by atoms with van der Waals surface area (Å²) in [5.41, 5.74) is 1.39. The highest BCUT2D eigenvalue weighted by Gasteiger charge is 2.28. The molecule has 1 aliphatic carbocycles. The van der Waals surface area contributed by atoms with Crippen molar-refractivity contribution in [2.75, 3.05) is 6.61 Å². The van der Waals surface area contributed by atoms with Gasteiger partial charge in [-0.1, -0.05) is 0 Å². The Balaban J connectivity index is 2.14. The molecule has 0 fully saturated rings. The lowest BCUT2D eigenvalue weighted by atomic mass is 9.91. The number of alkyl halides is 3. The van der Waals surface area contributed by atoms with Gasteiger partial charge in [0.1, 0.15) is 5.75 Å². The smallest absolute Gasteiger partial charge is 0.422 e. The molecule has 2 rings (SSSR count). The zero-order valence-electron chi connectivity index (χ0n) is 9.01. The Morgan fingerprint density at radius 3 is 2.71 bits per heavy atom. The van der Waals surface area contributed by atoms with Crippen LogP contribution in [0.3, 0.4) is 0 Å². The Morgan fingerprint density at radius 2 is 2.00 bits per heavy atom. The van der Waals surface area contributed by atoms with E-state index >= 15 is 0 Å². The number of benzene rings is 1. The summed E-state index contributed by atoms with van der Waals surface area (Å²) in [5.74, 6) is 0.212. The number of fused-ring (bicyclic) bond motifs is 1. The van der Waals surface area contributed by atoms with E-state index in [0.717, 1.165) is 12.0 Å². The van der Waals surface area contributed by atoms with Crippen molar-refractivity contribution < 1.29 is 22.7 Å². The van der Waals surface area contributed by atoms with E-state index in [-0.39, 0.29) is 11.5 Å². The first-order chi connectivity index (χ1) is 7.96. The van der Waals surface area contributed by atoms with E-state index in [1.807, 2.05) is 0 Å². The first-order valence-electron chi connectivity index (χ1n) is 5.31. The van der Waals surface area contributed by atoms with Gasteiger partial charge in [0.05, 0.1) is 0 Å². The summed E-state index contributed by atoms with van der Waals surface area (Å²) in [6.45, 7) is -1.31. The minimum atomic E-state index is -4.34. The third-order valence-corrected chi connectivity index (χ3v) is 2.63. The average Bonchev–Trinajstić information content (AvgIpc) is 2.26. The monoisotopic (exact) mass is 244 g/mol. The fourth-order valence-electron chi connectivity index (χ4n) is 1.88. The highest BCUT2D eigenvalue weighted by atomic mass is 19.4. The molecule has 0 aliphatic heterocycles. The quantitative estimate of drug-likeness (QED) is 0.798. The number of hydrogen-bond acceptors (Lipinski definition) is 2. The van der Waals surface area contributed by atoms with Gasteiger partial charge < -0.3 is 4.74 Å². The van der Waals surface area contributed by atoms with Crippen LogP contribution in [0.15, 0.2) is 18.2 Å². The highest BCUT2D eigenvalue weighted by Crippen LogP contribution is 2.26. The van der Waals surface area contributed by atoms with Crippen LogP contribution in [0.4, 0.5) is 13.2 Å². The Kier molecular flexibility index (Phi) is 3.09. The second-order valence-electron chi connectivity index (χ2n) is 4.00. The molecule has 2 nitrogen and oxygen atoms in total. The summed E-state index contributed by atoms with van der Waals surface area (Å²) in [5, 5.41) is 0. The Labute approximate surface area is 96.4 Å². The van der Waals surface area contributed by atoms with Crippen molar-refractivity contribution in [3.05, 3.63) is 29.3 Å². The molecule has 1 aromatic rings. The van der Waals surface area contributed by atoms with Crippen LogP contribution >= 0.6 is 0 Å². The fourth-order valence-corrected chi connectivity index (χ4v) is 1.88. The number of aryl methyl sites for hydroxylation is 1. The normalized spacial score (nSPS) is 15.6. The van der Waals surface area contributed by atoms with Gasteiger partial charge in [0, 0.05) is 12.0 Å². The maximum absolute atomic E-state index is 12.0. The van der Waals surface area contributed by atoms with Crippen molar-refractivity contribution in [2.24, 2.45) is 0 Å². The third kappa shape index (κ3) is 2.99. The van der Waals surface area contributed by atoms with Crippen molar-refractivity contribution in [3.8, 4) is 5.75 Å². The summed E-state index contributed by atoms with van der Waals surface area (Å²) in [4.78, 5) is 11.5. The molecule has 0 unspecified atom stereocenters. The number of ketones is 1. The van der Waals surface area contributed by atoms with Crippen molar-refractivity contribution in [2.45, 2.75) is 25.4 Å². The Bertz CT molecular complexity index is 438. The van der Waals surface area contributed by atoms with E-state index in [2.05, 4.69) is 4.74 Å². The van der Waals surface area contributed by atoms with Gasteiger partial charge in [0.25, 0.3) is 0 Å². The number of carbonyl (C=O) groups is 1. The predicted molar refractivity (Wildman–Crippen MR) is 55.3 cm³/mol. The van der Waals surface area contributed by atoms with E-state index in [0.29, 0.717) is 18.4 Å². The molecule has 0 N–H and O–H groups in total. The lowest BCUT2D eigenvalue weighted by molar-refractivity contribution is -0.153. The van der Waals surface area contributed by atoms with Crippen molar-refractivity contribution in [1.29, 1.82) is 0 Å². The first-order valence-corrected chi connectivity index (χ1v) is 5.31. The molecule has 1 aromatic carbocycles. The molecule has 5 heteroatoms. The van der Waals surface area contributed by atoms with Crippen LogP contribution < -0.4 is 4.74 Å². The lowest BCUT2D eigenvalue weighted by Gasteiger charge is -2.16. The standard InChI is InChI=1S/C12H11F3O2/c13-12(14,15)7-17-9-4-5-10-8(6-9)2-1-3-11(10)16/h4-6H,1-3,7H2. The van der Waals surface area contributed by atoms with Gasteiger partial charge in [-0.3, -0.25) is 4.79 Å². The molecule has 1 aliphatic rings. The number of rotatable bonds is 2. The van der Waals surface area contributed by atoms with Crippen LogP contribution in [0.5, 0.6) is 5.75 Å². The molecule has 0 radical (unpaired) electrons. The number of Topliss-reactive ketones (excluding diaryl/α,β-unsaturated/α-hetero) is 1. The number of carbonyl (C=O) groups excluding carboxylic acids is 1. The molecule has 17 heavy (non-hydrogen) atoms. The molecule has 0 aromatic heterocycles. The molecule has 0 heterocycles. The maximum atomic E-state index is 12.0. The molecule has 0 saturated heterocycles. The zero-order chi connectivity index (χ0) is 12.5. The highest BCUT2D eigenvalue weighted by molar-refractivity contribution is 5.98. The van der Waals surface area contributed by atoms with Gasteiger partial charge in [-0.15, -0.1) is 0 Å². The minimum Gasteiger partial charge on any atom is -0.484 e. The fraction of sp³-hybridized carbons (Fsp3) is 0.417. The molecule has 0 atom stereocenters. The minimum absolute atomic E-state index is 0.0496. The Hall–Kier alpha value is -1.52. The van der Waals surface area contributed by atoms with Crippen LogP contribution in [-0.2, 0) is 6.42 Å². The van der Waals surface area contributed by atoms with Crippen LogP contribution in [0.2, 0.25) is 0 Å². The van der Waals surface area contributed by atoms with Crippen molar-refractivity contribution >= 4 is 5.78 Å². The van der Waals surface area contributed by atoms with Crippen molar-refractivity contribution in [3.63, 3.8) is 0 Å². The average molecular weight is 244 g/mol. The molecular weight excluding hydrogens is 233 g/mol. The third-order valence-electron chi connectivity index (χ3n) is 2.63. The summed E-state index contributed by atoms with van der Waals surface area (Å²) < 4.78 is 40.5. The Morgan fingerprint density at radius 1 is 1.24 bits per heavy atom. The van der Waals surface area contributed by atoms with Gasteiger partial charge in [0.2, 0.25) is 0 Å². The van der Waals surface area contributed by atoms with Crippen LogP contribution in [0.25, 0.3) is 0 Å². The number of hydrogen-bond donors (Lipinski definition) is 0. The van der Waals surface area contributed by atoms with Crippen LogP contribution in [0.1, 0.15) is 28.8 Å². The summed E-state index contributed by atoms with van der Waals surface area (Å²) in [6.07, 6.45) is -2.37. The number of ether oxygens (including phenoxy) is 1. The number of halogens is 3. The summed E-state index contributed by atoms with van der Waals surface area (Å²) >= 11 is 0. The van der Waals surface area contributed by atoms with Gasteiger partial charge in [0.15, 0.2) is 12.4 Å². The molecular formula is C12H11F3O2. The van der Waals surface area contributed by atoms with E-state index < -0.39 is 12.8 Å². The van der Waals surface area contributed by atoms with E-state index in [1.165, 1.54) is 12.1 Å². The second kappa shape index (κ2) is 4.39. The SMILES string of the molecule is O=C1CCCc2cc(OCC(F)(F)F)ccc21. The van der Waals surface area contributed by atoms with E-state index in [1.54, 1.807) is 6.07 Å². The summed E-state index contributed by atoms with van der Waals surface area (Å²) in [6, 6.07) is 4.48. The van der Waals surface area contributed by atoms with E-state index in [9.17, 15) is 18.0 Å². The second-order valence-corrected chi connectivity index (χ2v) is 4.00. The van der Waals surface area contributed by atoms with E-state index in [4.69, 9.17) is 0 Å². The van der Waals surface area contributed by atoms with Crippen molar-refractivity contribution in [1.82, 2.24) is 0 Å². The topological polar surface area (TPSA) is 26.3 Å². The van der Waals surface area contributed by atoms with Crippen LogP contribution in [0, 0.1) is 0 Å². The molecule has 0 spiro atoms. The molecule has 0 saturated carbocycles. The van der Waals surface area contributed by atoms with Gasteiger partial charge in [-0.25, -0.2) is 0 Å². The van der Waals surface area contributed by atoms with Crippen LogP contribution in [-0.4, -0.2) is 18.6 Å².